The highest BCUT2D eigenvalue weighted by atomic mass is 19.4. The number of aromatic nitrogens is 8. The van der Waals surface area contributed by atoms with Crippen molar-refractivity contribution < 1.29 is 17.9 Å². The molecule has 12 heteroatoms. The first-order chi connectivity index (χ1) is 14.0. The van der Waals surface area contributed by atoms with Gasteiger partial charge in [-0.25, -0.2) is 15.0 Å². The minimum Gasteiger partial charge on any atom is -0.497 e. The summed E-state index contributed by atoms with van der Waals surface area (Å²) < 4.78 is 47.5. The lowest BCUT2D eigenvalue weighted by atomic mass is 10.2. The molecule has 0 atom stereocenters. The number of benzene rings is 1. The van der Waals surface area contributed by atoms with Crippen LogP contribution in [0.2, 0.25) is 0 Å². The van der Waals surface area contributed by atoms with E-state index < -0.39 is 11.9 Å². The van der Waals surface area contributed by atoms with Gasteiger partial charge in [0.05, 0.1) is 24.6 Å². The summed E-state index contributed by atoms with van der Waals surface area (Å²) >= 11 is 0. The third-order valence-corrected chi connectivity index (χ3v) is 3.88. The van der Waals surface area contributed by atoms with Crippen LogP contribution in [0.25, 0.3) is 28.6 Å². The van der Waals surface area contributed by atoms with Crippen LogP contribution in [-0.2, 0) is 6.18 Å². The van der Waals surface area contributed by atoms with Crippen molar-refractivity contribution in [3.63, 3.8) is 0 Å². The third kappa shape index (κ3) is 3.59. The summed E-state index contributed by atoms with van der Waals surface area (Å²) in [5, 5.41) is 11.0. The van der Waals surface area contributed by atoms with E-state index in [4.69, 9.17) is 4.74 Å². The second-order valence-electron chi connectivity index (χ2n) is 5.66. The molecular weight excluding hydrogens is 389 g/mol. The van der Waals surface area contributed by atoms with Crippen LogP contribution >= 0.6 is 0 Å². The highest BCUT2D eigenvalue weighted by Gasteiger charge is 2.38. The van der Waals surface area contributed by atoms with Crippen LogP contribution in [0.15, 0.2) is 49.1 Å². The van der Waals surface area contributed by atoms with E-state index in [2.05, 4.69) is 35.5 Å². The Labute approximate surface area is 161 Å². The summed E-state index contributed by atoms with van der Waals surface area (Å²) in [6.07, 6.45) is 0.254. The number of ether oxygens (including phenoxy) is 1. The Bertz CT molecular complexity index is 1130. The van der Waals surface area contributed by atoms with Crippen molar-refractivity contribution in [1.29, 1.82) is 0 Å². The molecule has 0 fully saturated rings. The molecule has 1 aromatic carbocycles. The van der Waals surface area contributed by atoms with Crippen LogP contribution in [0.4, 0.5) is 13.2 Å². The third-order valence-electron chi connectivity index (χ3n) is 3.88. The molecule has 0 amide bonds. The van der Waals surface area contributed by atoms with E-state index in [9.17, 15) is 13.2 Å². The number of tetrazole rings is 1. The normalized spacial score (nSPS) is 11.4. The molecule has 3 heterocycles. The zero-order chi connectivity index (χ0) is 20.4. The topological polar surface area (TPSA) is 104 Å². The van der Waals surface area contributed by atoms with Gasteiger partial charge in [0.15, 0.2) is 17.3 Å². The molecule has 0 saturated carbocycles. The van der Waals surface area contributed by atoms with Crippen molar-refractivity contribution in [1.82, 2.24) is 40.1 Å². The second kappa shape index (κ2) is 7.22. The lowest BCUT2D eigenvalue weighted by Gasteiger charge is -2.12. The fraction of sp³-hybridized carbons (Fsp3) is 0.118. The van der Waals surface area contributed by atoms with Crippen LogP contribution < -0.4 is 4.74 Å². The van der Waals surface area contributed by atoms with Crippen molar-refractivity contribution in [2.24, 2.45) is 0 Å². The molecule has 0 N–H and O–H groups in total. The predicted octanol–water partition coefficient (Wildman–Crippen LogP) is 2.60. The Morgan fingerprint density at radius 1 is 1.00 bits per heavy atom. The van der Waals surface area contributed by atoms with E-state index in [1.54, 1.807) is 24.3 Å². The van der Waals surface area contributed by atoms with Crippen molar-refractivity contribution >= 4 is 0 Å². The summed E-state index contributed by atoms with van der Waals surface area (Å²) in [7, 11) is 1.50. The van der Waals surface area contributed by atoms with Crippen LogP contribution in [0.1, 0.15) is 5.69 Å². The van der Waals surface area contributed by atoms with Gasteiger partial charge in [-0.15, -0.1) is 5.10 Å². The van der Waals surface area contributed by atoms with Gasteiger partial charge in [-0.2, -0.15) is 17.9 Å². The molecule has 0 spiro atoms. The number of nitrogens with zero attached hydrogens (tertiary/aromatic N) is 8. The van der Waals surface area contributed by atoms with Gasteiger partial charge in [-0.3, -0.25) is 4.98 Å². The summed E-state index contributed by atoms with van der Waals surface area (Å²) in [4.78, 5) is 15.4. The fourth-order valence-corrected chi connectivity index (χ4v) is 2.55. The Morgan fingerprint density at radius 2 is 1.79 bits per heavy atom. The number of methoxy groups -OCH3 is 1. The Morgan fingerprint density at radius 3 is 2.45 bits per heavy atom. The second-order valence-corrected chi connectivity index (χ2v) is 5.66. The Hall–Kier alpha value is -3.96. The maximum absolute atomic E-state index is 13.7. The van der Waals surface area contributed by atoms with Crippen LogP contribution in [0, 0.1) is 0 Å². The maximum Gasteiger partial charge on any atom is 0.434 e. The molecule has 146 valence electrons. The number of halogens is 3. The number of rotatable bonds is 4. The van der Waals surface area contributed by atoms with E-state index >= 15 is 0 Å². The first-order valence-corrected chi connectivity index (χ1v) is 8.11. The van der Waals surface area contributed by atoms with E-state index in [0.29, 0.717) is 11.4 Å². The van der Waals surface area contributed by atoms with Crippen molar-refractivity contribution in [2.45, 2.75) is 6.18 Å². The molecule has 0 unspecified atom stereocenters. The van der Waals surface area contributed by atoms with E-state index in [1.165, 1.54) is 25.7 Å². The molecule has 4 rings (SSSR count). The summed E-state index contributed by atoms with van der Waals surface area (Å²) in [5.74, 6) is 0.210. The lowest BCUT2D eigenvalue weighted by molar-refractivity contribution is -0.140. The smallest absolute Gasteiger partial charge is 0.434 e. The molecule has 29 heavy (non-hydrogen) atoms. The first kappa shape index (κ1) is 18.4. The van der Waals surface area contributed by atoms with Gasteiger partial charge in [0.2, 0.25) is 0 Å². The van der Waals surface area contributed by atoms with Crippen molar-refractivity contribution in [3.8, 4) is 34.3 Å². The lowest BCUT2D eigenvalue weighted by Crippen LogP contribution is -2.14. The molecular formula is C17H11F3N8O. The molecule has 0 saturated heterocycles. The Balaban J connectivity index is 1.84. The van der Waals surface area contributed by atoms with E-state index in [0.717, 1.165) is 10.9 Å². The summed E-state index contributed by atoms with van der Waals surface area (Å²) in [6, 6.07) is 6.50. The largest absolute Gasteiger partial charge is 0.497 e. The van der Waals surface area contributed by atoms with Crippen LogP contribution in [0.3, 0.4) is 0 Å². The number of hydrogen-bond acceptors (Lipinski definition) is 8. The zero-order valence-corrected chi connectivity index (χ0v) is 14.7. The molecule has 0 aliphatic rings. The number of hydrogen-bond donors (Lipinski definition) is 0. The maximum atomic E-state index is 13.7. The van der Waals surface area contributed by atoms with Gasteiger partial charge < -0.3 is 4.74 Å². The van der Waals surface area contributed by atoms with Gasteiger partial charge in [-0.1, -0.05) is 0 Å². The van der Waals surface area contributed by atoms with Crippen molar-refractivity contribution in [3.05, 3.63) is 54.7 Å². The molecule has 0 aliphatic carbocycles. The van der Waals surface area contributed by atoms with E-state index in [1.807, 2.05) is 0 Å². The first-order valence-electron chi connectivity index (χ1n) is 8.11. The SMILES string of the molecule is COc1ccc(-n2nnnc2-c2cnc(-c3cnccn3)nc2C(F)(F)F)cc1. The van der Waals surface area contributed by atoms with Gasteiger partial charge in [-0.05, 0) is 34.7 Å². The molecule has 0 bridgehead atoms. The molecule has 3 aromatic heterocycles. The van der Waals surface area contributed by atoms with Gasteiger partial charge in [0.1, 0.15) is 11.4 Å². The Kier molecular flexibility index (Phi) is 4.58. The summed E-state index contributed by atoms with van der Waals surface area (Å²) in [6.45, 7) is 0. The van der Waals surface area contributed by atoms with Crippen LogP contribution in [-0.4, -0.2) is 47.3 Å². The fourth-order valence-electron chi connectivity index (χ4n) is 2.55. The average molecular weight is 400 g/mol. The standard InChI is InChI=1S/C17H11F3N8O/c1-29-11-4-2-10(3-5-11)28-16(25-26-27-28)12-8-23-15(13-9-21-6-7-22-13)24-14(12)17(18,19)20/h2-9H,1H3. The van der Waals surface area contributed by atoms with Crippen molar-refractivity contribution in [2.75, 3.05) is 7.11 Å². The predicted molar refractivity (Wildman–Crippen MR) is 92.8 cm³/mol. The van der Waals surface area contributed by atoms with Gasteiger partial charge >= 0.3 is 6.18 Å². The minimum absolute atomic E-state index is 0.110. The minimum atomic E-state index is -4.77. The van der Waals surface area contributed by atoms with Gasteiger partial charge in [0.25, 0.3) is 0 Å². The van der Waals surface area contributed by atoms with Gasteiger partial charge in [0, 0.05) is 18.6 Å². The molecule has 4 aromatic rings. The zero-order valence-electron chi connectivity index (χ0n) is 14.7. The molecule has 0 aliphatic heterocycles. The molecule has 9 nitrogen and oxygen atoms in total. The summed E-state index contributed by atoms with van der Waals surface area (Å²) in [5.41, 5.74) is -1.00. The molecule has 0 radical (unpaired) electrons. The van der Waals surface area contributed by atoms with E-state index in [-0.39, 0.29) is 22.9 Å². The average Bonchev–Trinajstić information content (AvgIpc) is 3.23. The van der Waals surface area contributed by atoms with Crippen LogP contribution in [0.5, 0.6) is 5.75 Å². The highest BCUT2D eigenvalue weighted by molar-refractivity contribution is 5.62. The quantitative estimate of drug-likeness (QED) is 0.515. The number of alkyl halides is 3. The highest BCUT2D eigenvalue weighted by Crippen LogP contribution is 2.36. The monoisotopic (exact) mass is 400 g/mol.